The smallest absolute Gasteiger partial charge is 0.0320 e. The van der Waals surface area contributed by atoms with Gasteiger partial charge in [0.2, 0.25) is 0 Å². The first kappa shape index (κ1) is 7.32. The Balaban J connectivity index is 3.49. The van der Waals surface area contributed by atoms with Crippen LogP contribution in [0.2, 0.25) is 0 Å². The highest BCUT2D eigenvalue weighted by Crippen LogP contribution is 1.83. The Morgan fingerprint density at radius 1 is 1.50 bits per heavy atom. The van der Waals surface area contributed by atoms with E-state index in [0.29, 0.717) is 0 Å². The van der Waals surface area contributed by atoms with Crippen LogP contribution in [0.3, 0.4) is 0 Å². The van der Waals surface area contributed by atoms with Crippen molar-refractivity contribution in [3.05, 3.63) is 0 Å². The zero-order chi connectivity index (χ0) is 6.57. The van der Waals surface area contributed by atoms with Gasteiger partial charge in [-0.25, -0.2) is 5.01 Å². The van der Waals surface area contributed by atoms with Crippen LogP contribution >= 0.6 is 0 Å². The molecule has 0 rings (SSSR count). The van der Waals surface area contributed by atoms with Crippen LogP contribution in [0.15, 0.2) is 0 Å². The minimum atomic E-state index is 0.945. The Morgan fingerprint density at radius 2 is 2.00 bits per heavy atom. The molecular weight excluding hydrogens is 100 g/mol. The molecule has 0 radical (unpaired) electrons. The molecule has 2 nitrogen and oxygen atoms in total. The van der Waals surface area contributed by atoms with Gasteiger partial charge >= 0.3 is 0 Å². The molecule has 0 spiro atoms. The molecule has 0 aliphatic carbocycles. The molecule has 2 heteroatoms. The molecule has 0 atom stereocenters. The van der Waals surface area contributed by atoms with E-state index in [4.69, 9.17) is 6.42 Å². The Labute approximate surface area is 51.1 Å². The SMILES string of the molecule is C#CN(C)N(C)CC. The number of terminal acetylenes is 1. The van der Waals surface area contributed by atoms with Crippen molar-refractivity contribution in [1.82, 2.24) is 10.0 Å². The molecule has 0 fully saturated rings. The van der Waals surface area contributed by atoms with Crippen molar-refractivity contribution in [1.29, 1.82) is 0 Å². The summed E-state index contributed by atoms with van der Waals surface area (Å²) < 4.78 is 0. The third-order valence-corrected chi connectivity index (χ3v) is 1.16. The molecule has 0 heterocycles. The maximum absolute atomic E-state index is 5.08. The van der Waals surface area contributed by atoms with Crippen LogP contribution < -0.4 is 0 Å². The highest BCUT2D eigenvalue weighted by molar-refractivity contribution is 4.79. The number of hydrogen-bond donors (Lipinski definition) is 0. The minimum absolute atomic E-state index is 0.945. The van der Waals surface area contributed by atoms with Crippen molar-refractivity contribution in [3.63, 3.8) is 0 Å². The molecule has 0 aromatic carbocycles. The number of hydrazine groups is 1. The van der Waals surface area contributed by atoms with Gasteiger partial charge in [0.1, 0.15) is 0 Å². The fourth-order valence-electron chi connectivity index (χ4n) is 0.311. The first-order valence-corrected chi connectivity index (χ1v) is 2.63. The van der Waals surface area contributed by atoms with Crippen LogP contribution in [0.25, 0.3) is 0 Å². The summed E-state index contributed by atoms with van der Waals surface area (Å²) in [7, 11) is 3.80. The van der Waals surface area contributed by atoms with Gasteiger partial charge in [-0.1, -0.05) is 13.3 Å². The molecule has 0 aliphatic heterocycles. The van der Waals surface area contributed by atoms with E-state index >= 15 is 0 Å². The summed E-state index contributed by atoms with van der Waals surface area (Å²) in [4.78, 5) is 0. The van der Waals surface area contributed by atoms with E-state index in [1.54, 1.807) is 5.01 Å². The molecule has 0 amide bonds. The van der Waals surface area contributed by atoms with Crippen molar-refractivity contribution in [2.24, 2.45) is 0 Å². The van der Waals surface area contributed by atoms with E-state index in [-0.39, 0.29) is 0 Å². The van der Waals surface area contributed by atoms with Gasteiger partial charge in [0.05, 0.1) is 0 Å². The molecular formula is C6H12N2. The van der Waals surface area contributed by atoms with Crippen molar-refractivity contribution in [3.8, 4) is 12.5 Å². The van der Waals surface area contributed by atoms with Crippen LogP contribution in [-0.2, 0) is 0 Å². The second-order valence-electron chi connectivity index (χ2n) is 1.63. The van der Waals surface area contributed by atoms with E-state index < -0.39 is 0 Å². The Kier molecular flexibility index (Phi) is 3.05. The fourth-order valence-corrected chi connectivity index (χ4v) is 0.311. The summed E-state index contributed by atoms with van der Waals surface area (Å²) in [6, 6.07) is 2.47. The van der Waals surface area contributed by atoms with Crippen LogP contribution in [0.5, 0.6) is 0 Å². The zero-order valence-corrected chi connectivity index (χ0v) is 5.68. The second-order valence-corrected chi connectivity index (χ2v) is 1.63. The summed E-state index contributed by atoms with van der Waals surface area (Å²) in [5, 5.41) is 3.65. The molecule has 0 unspecified atom stereocenters. The largest absolute Gasteiger partial charge is 0.268 e. The summed E-state index contributed by atoms with van der Waals surface area (Å²) in [5.41, 5.74) is 0. The van der Waals surface area contributed by atoms with Crippen LogP contribution in [0.4, 0.5) is 0 Å². The van der Waals surface area contributed by atoms with Crippen LogP contribution in [-0.4, -0.2) is 30.7 Å². The number of nitrogens with zero attached hydrogens (tertiary/aromatic N) is 2. The predicted molar refractivity (Wildman–Crippen MR) is 34.9 cm³/mol. The third-order valence-electron chi connectivity index (χ3n) is 1.16. The lowest BCUT2D eigenvalue weighted by atomic mass is 10.7. The van der Waals surface area contributed by atoms with Gasteiger partial charge in [-0.15, -0.1) is 0 Å². The van der Waals surface area contributed by atoms with E-state index in [0.717, 1.165) is 6.54 Å². The van der Waals surface area contributed by atoms with Crippen molar-refractivity contribution >= 4 is 0 Å². The van der Waals surface area contributed by atoms with Gasteiger partial charge in [0.25, 0.3) is 0 Å². The monoisotopic (exact) mass is 112 g/mol. The lowest BCUT2D eigenvalue weighted by Gasteiger charge is -2.21. The van der Waals surface area contributed by atoms with E-state index in [1.165, 1.54) is 0 Å². The predicted octanol–water partition coefficient (Wildman–Crippen LogP) is 0.376. The lowest BCUT2D eigenvalue weighted by Crippen LogP contribution is -2.32. The Morgan fingerprint density at radius 3 is 2.12 bits per heavy atom. The molecule has 0 aromatic heterocycles. The van der Waals surface area contributed by atoms with Gasteiger partial charge < -0.3 is 0 Å². The maximum atomic E-state index is 5.08. The van der Waals surface area contributed by atoms with Crippen molar-refractivity contribution in [2.45, 2.75) is 6.92 Å². The molecule has 0 saturated heterocycles. The summed E-state index contributed by atoms with van der Waals surface area (Å²) in [6.45, 7) is 2.99. The lowest BCUT2D eigenvalue weighted by molar-refractivity contribution is 0.101. The van der Waals surface area contributed by atoms with Gasteiger partial charge in [0, 0.05) is 26.7 Å². The molecule has 46 valence electrons. The van der Waals surface area contributed by atoms with E-state index in [2.05, 4.69) is 6.04 Å². The van der Waals surface area contributed by atoms with Crippen molar-refractivity contribution < 1.29 is 0 Å². The third kappa shape index (κ3) is 1.85. The topological polar surface area (TPSA) is 6.48 Å². The van der Waals surface area contributed by atoms with E-state index in [1.807, 2.05) is 26.0 Å². The highest BCUT2D eigenvalue weighted by atomic mass is 15.6. The summed E-state index contributed by atoms with van der Waals surface area (Å²) in [6.07, 6.45) is 5.08. The first-order chi connectivity index (χ1) is 3.72. The standard InChI is InChI=1S/C6H12N2/c1-5-7(3)8(4)6-2/h1H,6H2,2-4H3. The first-order valence-electron chi connectivity index (χ1n) is 2.63. The zero-order valence-electron chi connectivity index (χ0n) is 5.68. The molecule has 0 aromatic rings. The summed E-state index contributed by atoms with van der Waals surface area (Å²) in [5.74, 6) is 0. The highest BCUT2D eigenvalue weighted by Gasteiger charge is 1.93. The Bertz CT molecular complexity index is 93.2. The Hall–Kier alpha value is -0.680. The average molecular weight is 112 g/mol. The normalized spacial score (nSPS) is 8.88. The van der Waals surface area contributed by atoms with Gasteiger partial charge in [-0.3, -0.25) is 5.01 Å². The fraction of sp³-hybridized carbons (Fsp3) is 0.667. The van der Waals surface area contributed by atoms with Crippen LogP contribution in [0.1, 0.15) is 6.92 Å². The molecule has 0 saturated carbocycles. The van der Waals surface area contributed by atoms with Gasteiger partial charge in [-0.05, 0) is 0 Å². The number of hydrogen-bond acceptors (Lipinski definition) is 2. The quantitative estimate of drug-likeness (QED) is 0.289. The maximum Gasteiger partial charge on any atom is 0.0320 e. The second kappa shape index (κ2) is 3.34. The average Bonchev–Trinajstić information content (AvgIpc) is 1.84. The van der Waals surface area contributed by atoms with Gasteiger partial charge in [-0.2, -0.15) is 0 Å². The van der Waals surface area contributed by atoms with Gasteiger partial charge in [0.15, 0.2) is 0 Å². The minimum Gasteiger partial charge on any atom is -0.268 e. The van der Waals surface area contributed by atoms with Crippen LogP contribution in [0, 0.1) is 12.5 Å². The number of rotatable bonds is 2. The molecule has 0 N–H and O–H groups in total. The molecule has 0 bridgehead atoms. The molecule has 8 heavy (non-hydrogen) atoms. The molecule has 0 aliphatic rings. The summed E-state index contributed by atoms with van der Waals surface area (Å²) >= 11 is 0. The van der Waals surface area contributed by atoms with E-state index in [9.17, 15) is 0 Å². The van der Waals surface area contributed by atoms with Crippen molar-refractivity contribution in [2.75, 3.05) is 20.6 Å².